The molecule has 0 amide bonds. The van der Waals surface area contributed by atoms with E-state index in [1.165, 1.54) is 0 Å². The maximum Gasteiger partial charge on any atom is 0.196 e. The lowest BCUT2D eigenvalue weighted by Crippen LogP contribution is -2.07. The summed E-state index contributed by atoms with van der Waals surface area (Å²) >= 11 is 5.10. The number of aromatic nitrogens is 2. The van der Waals surface area contributed by atoms with E-state index in [0.29, 0.717) is 4.77 Å². The van der Waals surface area contributed by atoms with Crippen molar-refractivity contribution in [3.8, 4) is 0 Å². The molecule has 1 aromatic heterocycles. The standard InChI is InChI=1S/C8H9N3S/c1-9-11-7-5-3-2-4-6(7)10-8(11)12/h2-5,9H,1H3,(H,10,12). The van der Waals surface area contributed by atoms with Crippen LogP contribution in [0.3, 0.4) is 0 Å². The van der Waals surface area contributed by atoms with E-state index in [0.717, 1.165) is 11.0 Å². The van der Waals surface area contributed by atoms with Crippen LogP contribution in [-0.2, 0) is 0 Å². The zero-order chi connectivity index (χ0) is 8.55. The molecule has 0 aliphatic carbocycles. The number of rotatable bonds is 1. The Hall–Kier alpha value is -1.29. The van der Waals surface area contributed by atoms with Crippen LogP contribution in [0.4, 0.5) is 0 Å². The van der Waals surface area contributed by atoms with Crippen molar-refractivity contribution in [3.05, 3.63) is 29.0 Å². The molecule has 0 saturated carbocycles. The van der Waals surface area contributed by atoms with E-state index in [-0.39, 0.29) is 0 Å². The predicted octanol–water partition coefficient (Wildman–Crippen LogP) is 1.87. The van der Waals surface area contributed by atoms with Crippen molar-refractivity contribution in [2.45, 2.75) is 0 Å². The van der Waals surface area contributed by atoms with Gasteiger partial charge in [0, 0.05) is 7.05 Å². The first-order valence-corrected chi connectivity index (χ1v) is 4.11. The molecule has 3 nitrogen and oxygen atoms in total. The van der Waals surface area contributed by atoms with Crippen LogP contribution in [0.2, 0.25) is 0 Å². The molecule has 1 aromatic carbocycles. The molecule has 0 fully saturated rings. The molecule has 4 heteroatoms. The fourth-order valence-electron chi connectivity index (χ4n) is 1.28. The van der Waals surface area contributed by atoms with Gasteiger partial charge >= 0.3 is 0 Å². The zero-order valence-electron chi connectivity index (χ0n) is 6.66. The number of H-pyrrole nitrogens is 1. The minimum atomic E-state index is 0.693. The normalized spacial score (nSPS) is 10.4. The zero-order valence-corrected chi connectivity index (χ0v) is 7.48. The summed E-state index contributed by atoms with van der Waals surface area (Å²) in [5, 5.41) is 0. The van der Waals surface area contributed by atoms with Crippen molar-refractivity contribution in [2.75, 3.05) is 12.5 Å². The number of hydrogen-bond donors (Lipinski definition) is 2. The smallest absolute Gasteiger partial charge is 0.196 e. The van der Waals surface area contributed by atoms with Gasteiger partial charge in [0.2, 0.25) is 0 Å². The predicted molar refractivity (Wildman–Crippen MR) is 52.4 cm³/mol. The van der Waals surface area contributed by atoms with Gasteiger partial charge in [-0.1, -0.05) is 12.1 Å². The van der Waals surface area contributed by atoms with Crippen LogP contribution < -0.4 is 5.43 Å². The molecular formula is C8H9N3S. The van der Waals surface area contributed by atoms with E-state index >= 15 is 0 Å². The number of benzene rings is 1. The van der Waals surface area contributed by atoms with Crippen molar-refractivity contribution >= 4 is 23.3 Å². The Bertz CT molecular complexity index is 455. The monoisotopic (exact) mass is 179 g/mol. The summed E-state index contributed by atoms with van der Waals surface area (Å²) in [6.45, 7) is 0. The van der Waals surface area contributed by atoms with E-state index in [1.54, 1.807) is 0 Å². The maximum absolute atomic E-state index is 5.10. The topological polar surface area (TPSA) is 32.8 Å². The van der Waals surface area contributed by atoms with Crippen LogP contribution >= 0.6 is 12.2 Å². The number of para-hydroxylation sites is 2. The van der Waals surface area contributed by atoms with Crippen molar-refractivity contribution in [1.82, 2.24) is 9.66 Å². The average Bonchev–Trinajstić information content (AvgIpc) is 2.40. The highest BCUT2D eigenvalue weighted by Gasteiger charge is 1.99. The number of aromatic amines is 1. The van der Waals surface area contributed by atoms with Crippen LogP contribution in [0.5, 0.6) is 0 Å². The number of fused-ring (bicyclic) bond motifs is 1. The minimum absolute atomic E-state index is 0.693. The van der Waals surface area contributed by atoms with Crippen molar-refractivity contribution in [3.63, 3.8) is 0 Å². The SMILES string of the molecule is CNn1c(=S)[nH]c2ccccc21. The lowest BCUT2D eigenvalue weighted by molar-refractivity contribution is 0.936. The number of hydrogen-bond acceptors (Lipinski definition) is 2. The lowest BCUT2D eigenvalue weighted by atomic mass is 10.3. The molecule has 0 spiro atoms. The first-order chi connectivity index (χ1) is 5.83. The molecule has 0 saturated heterocycles. The van der Waals surface area contributed by atoms with Gasteiger partial charge in [0.05, 0.1) is 11.0 Å². The lowest BCUT2D eigenvalue weighted by Gasteiger charge is -1.99. The Morgan fingerprint density at radius 3 is 2.92 bits per heavy atom. The minimum Gasteiger partial charge on any atom is -0.329 e. The summed E-state index contributed by atoms with van der Waals surface area (Å²) in [7, 11) is 1.84. The Morgan fingerprint density at radius 2 is 2.17 bits per heavy atom. The van der Waals surface area contributed by atoms with Crippen LogP contribution in [0, 0.1) is 4.77 Å². The summed E-state index contributed by atoms with van der Waals surface area (Å²) in [5.41, 5.74) is 5.13. The summed E-state index contributed by atoms with van der Waals surface area (Å²) in [5.74, 6) is 0. The number of imidazole rings is 1. The van der Waals surface area contributed by atoms with Crippen LogP contribution in [0.1, 0.15) is 0 Å². The second-order valence-electron chi connectivity index (χ2n) is 2.51. The molecule has 2 aromatic rings. The van der Waals surface area contributed by atoms with Crippen molar-refractivity contribution in [1.29, 1.82) is 0 Å². The van der Waals surface area contributed by atoms with Crippen LogP contribution in [-0.4, -0.2) is 16.7 Å². The summed E-state index contributed by atoms with van der Waals surface area (Å²) < 4.78 is 2.53. The van der Waals surface area contributed by atoms with Gasteiger partial charge in [0.25, 0.3) is 0 Å². The number of nitrogens with zero attached hydrogens (tertiary/aromatic N) is 1. The number of nitrogens with one attached hydrogen (secondary N) is 2. The first kappa shape index (κ1) is 7.36. The van der Waals surface area contributed by atoms with Gasteiger partial charge in [0.15, 0.2) is 4.77 Å². The van der Waals surface area contributed by atoms with Crippen LogP contribution in [0.25, 0.3) is 11.0 Å². The fourth-order valence-corrected chi connectivity index (χ4v) is 1.58. The van der Waals surface area contributed by atoms with Crippen molar-refractivity contribution in [2.24, 2.45) is 0 Å². The van der Waals surface area contributed by atoms with E-state index in [1.807, 2.05) is 36.0 Å². The maximum atomic E-state index is 5.10. The Morgan fingerprint density at radius 1 is 1.42 bits per heavy atom. The second-order valence-corrected chi connectivity index (χ2v) is 2.89. The first-order valence-electron chi connectivity index (χ1n) is 3.70. The Kier molecular flexibility index (Phi) is 1.62. The van der Waals surface area contributed by atoms with E-state index < -0.39 is 0 Å². The molecule has 0 radical (unpaired) electrons. The highest BCUT2D eigenvalue weighted by molar-refractivity contribution is 7.71. The second kappa shape index (κ2) is 2.64. The summed E-state index contributed by atoms with van der Waals surface area (Å²) in [6, 6.07) is 7.98. The molecule has 0 aliphatic rings. The van der Waals surface area contributed by atoms with Gasteiger partial charge in [-0.15, -0.1) is 0 Å². The molecule has 0 aliphatic heterocycles. The van der Waals surface area contributed by atoms with Gasteiger partial charge in [-0.2, -0.15) is 0 Å². The largest absolute Gasteiger partial charge is 0.329 e. The highest BCUT2D eigenvalue weighted by Crippen LogP contribution is 2.10. The van der Waals surface area contributed by atoms with Gasteiger partial charge in [0.1, 0.15) is 0 Å². The molecule has 1 heterocycles. The quantitative estimate of drug-likeness (QED) is 0.655. The third kappa shape index (κ3) is 0.921. The van der Waals surface area contributed by atoms with Crippen molar-refractivity contribution < 1.29 is 0 Å². The Labute approximate surface area is 75.0 Å². The van der Waals surface area contributed by atoms with Gasteiger partial charge in [-0.05, 0) is 24.4 Å². The molecule has 0 atom stereocenters. The molecule has 2 rings (SSSR count). The Balaban J connectivity index is 2.91. The molecular weight excluding hydrogens is 170 g/mol. The summed E-state index contributed by atoms with van der Waals surface area (Å²) in [4.78, 5) is 3.09. The summed E-state index contributed by atoms with van der Waals surface area (Å²) in [6.07, 6.45) is 0. The van der Waals surface area contributed by atoms with Crippen LogP contribution in [0.15, 0.2) is 24.3 Å². The van der Waals surface area contributed by atoms with E-state index in [9.17, 15) is 0 Å². The molecule has 12 heavy (non-hydrogen) atoms. The third-order valence-corrected chi connectivity index (χ3v) is 2.10. The molecule has 2 N–H and O–H groups in total. The molecule has 0 unspecified atom stereocenters. The average molecular weight is 179 g/mol. The van der Waals surface area contributed by atoms with Gasteiger partial charge in [-0.25, -0.2) is 4.68 Å². The highest BCUT2D eigenvalue weighted by atomic mass is 32.1. The van der Waals surface area contributed by atoms with Gasteiger partial charge < -0.3 is 10.4 Å². The van der Waals surface area contributed by atoms with E-state index in [4.69, 9.17) is 12.2 Å². The van der Waals surface area contributed by atoms with E-state index in [2.05, 4.69) is 10.4 Å². The van der Waals surface area contributed by atoms with Gasteiger partial charge in [-0.3, -0.25) is 0 Å². The third-order valence-electron chi connectivity index (χ3n) is 1.81. The molecule has 62 valence electrons. The molecule has 0 bridgehead atoms. The fraction of sp³-hybridized carbons (Fsp3) is 0.125.